The van der Waals surface area contributed by atoms with Gasteiger partial charge < -0.3 is 20.9 Å². The van der Waals surface area contributed by atoms with Gasteiger partial charge in [0.05, 0.1) is 19.3 Å². The standard InChI is InChI=1S/C6H12N2O3.ClH/c7-6(10)5-1-8-4(2-9)3-11-5;/h4-5,8-9H,1-3H2,(H2,7,10);1H. The van der Waals surface area contributed by atoms with Gasteiger partial charge in [0.1, 0.15) is 6.10 Å². The van der Waals surface area contributed by atoms with Crippen molar-refractivity contribution in [3.8, 4) is 0 Å². The summed E-state index contributed by atoms with van der Waals surface area (Å²) in [5.41, 5.74) is 4.99. The number of halogens is 1. The van der Waals surface area contributed by atoms with Crippen LogP contribution in [0, 0.1) is 0 Å². The van der Waals surface area contributed by atoms with E-state index in [9.17, 15) is 4.79 Å². The number of carbonyl (C=O) groups excluding carboxylic acids is 1. The molecule has 72 valence electrons. The number of nitrogens with two attached hydrogens (primary N) is 1. The zero-order chi connectivity index (χ0) is 8.27. The van der Waals surface area contributed by atoms with Crippen LogP contribution in [0.4, 0.5) is 0 Å². The molecule has 0 spiro atoms. The molecule has 0 aliphatic carbocycles. The number of aliphatic hydroxyl groups is 1. The maximum atomic E-state index is 10.5. The Kier molecular flexibility index (Phi) is 5.16. The van der Waals surface area contributed by atoms with Gasteiger partial charge in [0, 0.05) is 6.54 Å². The van der Waals surface area contributed by atoms with Crippen LogP contribution in [0.2, 0.25) is 0 Å². The maximum absolute atomic E-state index is 10.5. The van der Waals surface area contributed by atoms with Crippen LogP contribution in [-0.2, 0) is 9.53 Å². The number of hydrogen-bond acceptors (Lipinski definition) is 4. The Bertz CT molecular complexity index is 148. The highest BCUT2D eigenvalue weighted by Crippen LogP contribution is 1.99. The van der Waals surface area contributed by atoms with E-state index in [-0.39, 0.29) is 25.1 Å². The van der Waals surface area contributed by atoms with Crippen LogP contribution in [0.15, 0.2) is 0 Å². The van der Waals surface area contributed by atoms with E-state index in [2.05, 4.69) is 5.32 Å². The van der Waals surface area contributed by atoms with Crippen molar-refractivity contribution in [1.29, 1.82) is 0 Å². The fourth-order valence-electron chi connectivity index (χ4n) is 0.924. The predicted molar refractivity (Wildman–Crippen MR) is 45.1 cm³/mol. The van der Waals surface area contributed by atoms with E-state index < -0.39 is 12.0 Å². The average Bonchev–Trinajstić information content (AvgIpc) is 2.05. The lowest BCUT2D eigenvalue weighted by molar-refractivity contribution is -0.132. The molecule has 4 N–H and O–H groups in total. The highest BCUT2D eigenvalue weighted by atomic mass is 35.5. The van der Waals surface area contributed by atoms with Gasteiger partial charge in [0.15, 0.2) is 0 Å². The van der Waals surface area contributed by atoms with Gasteiger partial charge in [-0.25, -0.2) is 0 Å². The van der Waals surface area contributed by atoms with E-state index in [1.54, 1.807) is 0 Å². The van der Waals surface area contributed by atoms with Crippen molar-refractivity contribution in [2.75, 3.05) is 19.8 Å². The molecule has 0 radical (unpaired) electrons. The number of aliphatic hydroxyl groups excluding tert-OH is 1. The molecular weight excluding hydrogens is 184 g/mol. The summed E-state index contributed by atoms with van der Waals surface area (Å²) in [5, 5.41) is 11.6. The van der Waals surface area contributed by atoms with Gasteiger partial charge >= 0.3 is 0 Å². The SMILES string of the molecule is Cl.NC(=O)C1CNC(CO)CO1. The van der Waals surface area contributed by atoms with E-state index in [1.165, 1.54) is 0 Å². The van der Waals surface area contributed by atoms with Crippen LogP contribution in [0.1, 0.15) is 0 Å². The number of primary amides is 1. The maximum Gasteiger partial charge on any atom is 0.247 e. The summed E-state index contributed by atoms with van der Waals surface area (Å²) in [7, 11) is 0. The lowest BCUT2D eigenvalue weighted by Gasteiger charge is -2.27. The van der Waals surface area contributed by atoms with Crippen molar-refractivity contribution in [2.45, 2.75) is 12.1 Å². The van der Waals surface area contributed by atoms with Gasteiger partial charge in [-0.3, -0.25) is 4.79 Å². The summed E-state index contributed by atoms with van der Waals surface area (Å²) in [5.74, 6) is -0.464. The topological polar surface area (TPSA) is 84.6 Å². The highest BCUT2D eigenvalue weighted by molar-refractivity contribution is 5.85. The third kappa shape index (κ3) is 2.94. The minimum Gasteiger partial charge on any atom is -0.395 e. The number of carbonyl (C=O) groups is 1. The summed E-state index contributed by atoms with van der Waals surface area (Å²) in [6.45, 7) is 0.746. The Hall–Kier alpha value is -0.360. The smallest absolute Gasteiger partial charge is 0.247 e. The Morgan fingerprint density at radius 3 is 2.75 bits per heavy atom. The molecular formula is C6H13ClN2O3. The van der Waals surface area contributed by atoms with Crippen LogP contribution in [0.25, 0.3) is 0 Å². The predicted octanol–water partition coefficient (Wildman–Crippen LogP) is -1.76. The summed E-state index contributed by atoms with van der Waals surface area (Å²) in [4.78, 5) is 10.5. The van der Waals surface area contributed by atoms with E-state index in [0.717, 1.165) is 0 Å². The summed E-state index contributed by atoms with van der Waals surface area (Å²) < 4.78 is 5.05. The second-order valence-corrected chi connectivity index (χ2v) is 2.51. The first-order valence-corrected chi connectivity index (χ1v) is 3.49. The molecule has 1 aliphatic heterocycles. The number of hydrogen-bond donors (Lipinski definition) is 3. The van der Waals surface area contributed by atoms with Gasteiger partial charge in [-0.15, -0.1) is 12.4 Å². The lowest BCUT2D eigenvalue weighted by Crippen LogP contribution is -2.52. The first-order valence-electron chi connectivity index (χ1n) is 3.49. The number of amides is 1. The molecule has 1 rings (SSSR count). The first-order chi connectivity index (χ1) is 5.24. The van der Waals surface area contributed by atoms with Gasteiger partial charge in [-0.1, -0.05) is 0 Å². The van der Waals surface area contributed by atoms with Crippen LogP contribution in [-0.4, -0.2) is 42.9 Å². The summed E-state index contributed by atoms with van der Waals surface area (Å²) in [6.07, 6.45) is -0.544. The minimum absolute atomic E-state index is 0. The zero-order valence-electron chi connectivity index (χ0n) is 6.53. The molecule has 2 atom stereocenters. The summed E-state index contributed by atoms with van der Waals surface area (Å²) >= 11 is 0. The number of ether oxygens (including phenoxy) is 1. The molecule has 12 heavy (non-hydrogen) atoms. The van der Waals surface area contributed by atoms with E-state index in [4.69, 9.17) is 15.6 Å². The third-order valence-corrected chi connectivity index (χ3v) is 1.63. The Labute approximate surface area is 76.7 Å². The lowest BCUT2D eigenvalue weighted by atomic mass is 10.2. The number of rotatable bonds is 2. The molecule has 1 saturated heterocycles. The zero-order valence-corrected chi connectivity index (χ0v) is 7.34. The first kappa shape index (κ1) is 11.6. The van der Waals surface area contributed by atoms with Crippen molar-refractivity contribution in [3.63, 3.8) is 0 Å². The van der Waals surface area contributed by atoms with Crippen LogP contribution < -0.4 is 11.1 Å². The van der Waals surface area contributed by atoms with Gasteiger partial charge in [-0.05, 0) is 0 Å². The van der Waals surface area contributed by atoms with E-state index >= 15 is 0 Å². The van der Waals surface area contributed by atoms with Crippen LogP contribution in [0.3, 0.4) is 0 Å². The fraction of sp³-hybridized carbons (Fsp3) is 0.833. The van der Waals surface area contributed by atoms with Crippen molar-refractivity contribution >= 4 is 18.3 Å². The molecule has 1 heterocycles. The molecule has 0 aromatic heterocycles. The van der Waals surface area contributed by atoms with Crippen molar-refractivity contribution in [1.82, 2.24) is 5.32 Å². The molecule has 1 fully saturated rings. The quantitative estimate of drug-likeness (QED) is 0.489. The van der Waals surface area contributed by atoms with Crippen LogP contribution >= 0.6 is 12.4 Å². The normalized spacial score (nSPS) is 29.1. The molecule has 0 aromatic carbocycles. The molecule has 0 saturated carbocycles. The second kappa shape index (κ2) is 5.31. The Morgan fingerprint density at radius 2 is 2.42 bits per heavy atom. The average molecular weight is 197 g/mol. The minimum atomic E-state index is -0.544. The van der Waals surface area contributed by atoms with Gasteiger partial charge in [0.2, 0.25) is 5.91 Å². The van der Waals surface area contributed by atoms with Crippen molar-refractivity contribution in [3.05, 3.63) is 0 Å². The largest absolute Gasteiger partial charge is 0.395 e. The molecule has 5 nitrogen and oxygen atoms in total. The monoisotopic (exact) mass is 196 g/mol. The molecule has 0 aromatic rings. The van der Waals surface area contributed by atoms with E-state index in [1.807, 2.05) is 0 Å². The van der Waals surface area contributed by atoms with Crippen LogP contribution in [0.5, 0.6) is 0 Å². The van der Waals surface area contributed by atoms with Crippen molar-refractivity contribution < 1.29 is 14.6 Å². The Morgan fingerprint density at radius 1 is 1.75 bits per heavy atom. The van der Waals surface area contributed by atoms with Crippen molar-refractivity contribution in [2.24, 2.45) is 5.73 Å². The number of morpholine rings is 1. The number of nitrogens with one attached hydrogen (secondary N) is 1. The van der Waals surface area contributed by atoms with Gasteiger partial charge in [0.25, 0.3) is 0 Å². The molecule has 1 aliphatic rings. The Balaban J connectivity index is 0.00000121. The molecule has 1 amide bonds. The highest BCUT2D eigenvalue weighted by Gasteiger charge is 2.23. The third-order valence-electron chi connectivity index (χ3n) is 1.63. The molecule has 6 heteroatoms. The van der Waals surface area contributed by atoms with E-state index in [0.29, 0.717) is 13.2 Å². The molecule has 2 unspecified atom stereocenters. The second-order valence-electron chi connectivity index (χ2n) is 2.51. The molecule has 0 bridgehead atoms. The fourth-order valence-corrected chi connectivity index (χ4v) is 0.924. The summed E-state index contributed by atoms with van der Waals surface area (Å²) in [6, 6.07) is -0.0643. The van der Waals surface area contributed by atoms with Gasteiger partial charge in [-0.2, -0.15) is 0 Å².